The van der Waals surface area contributed by atoms with E-state index in [1.165, 1.54) is 5.56 Å². The van der Waals surface area contributed by atoms with Crippen LogP contribution in [0.1, 0.15) is 31.7 Å². The second kappa shape index (κ2) is 4.88. The van der Waals surface area contributed by atoms with Gasteiger partial charge in [0.05, 0.1) is 0 Å². The lowest BCUT2D eigenvalue weighted by atomic mass is 9.92. The number of benzene rings is 1. The van der Waals surface area contributed by atoms with Crippen LogP contribution < -0.4 is 0 Å². The van der Waals surface area contributed by atoms with Gasteiger partial charge in [0.1, 0.15) is 6.04 Å². The summed E-state index contributed by atoms with van der Waals surface area (Å²) in [4.78, 5) is 13.1. The Bertz CT molecular complexity index is 390. The Morgan fingerprint density at radius 3 is 2.65 bits per heavy atom. The molecule has 92 valence electrons. The maximum Gasteiger partial charge on any atom is 0.320 e. The number of carbonyl (C=O) groups is 1. The Labute approximate surface area is 102 Å². The van der Waals surface area contributed by atoms with Gasteiger partial charge < -0.3 is 5.11 Å². The van der Waals surface area contributed by atoms with Gasteiger partial charge in [0.25, 0.3) is 0 Å². The number of aliphatic carboxylic acids is 1. The van der Waals surface area contributed by atoms with Crippen LogP contribution in [0.4, 0.5) is 0 Å². The molecule has 0 saturated carbocycles. The van der Waals surface area contributed by atoms with Crippen molar-refractivity contribution < 1.29 is 9.90 Å². The predicted molar refractivity (Wildman–Crippen MR) is 67.1 cm³/mol. The number of carboxylic acid groups (broad SMARTS) is 1. The van der Waals surface area contributed by atoms with E-state index in [4.69, 9.17) is 5.11 Å². The summed E-state index contributed by atoms with van der Waals surface area (Å²) in [5.74, 6) is -0.274. The molecular formula is C14H19NO2. The molecule has 3 unspecified atom stereocenters. The minimum absolute atomic E-state index is 0.295. The van der Waals surface area contributed by atoms with Gasteiger partial charge in [0.15, 0.2) is 0 Å². The molecule has 1 heterocycles. The zero-order valence-corrected chi connectivity index (χ0v) is 10.3. The van der Waals surface area contributed by atoms with Crippen molar-refractivity contribution in [3.05, 3.63) is 35.9 Å². The van der Waals surface area contributed by atoms with E-state index in [-0.39, 0.29) is 0 Å². The summed E-state index contributed by atoms with van der Waals surface area (Å²) in [6, 6.07) is 10.3. The first-order chi connectivity index (χ1) is 8.11. The summed E-state index contributed by atoms with van der Waals surface area (Å²) in [5, 5.41) is 9.08. The number of nitrogens with zero attached hydrogens (tertiary/aromatic N) is 1. The van der Waals surface area contributed by atoms with Crippen molar-refractivity contribution in [1.82, 2.24) is 4.90 Å². The lowest BCUT2D eigenvalue weighted by molar-refractivity contribution is -0.142. The monoisotopic (exact) mass is 233 g/mol. The molecule has 1 aliphatic heterocycles. The molecule has 1 N–H and O–H groups in total. The SMILES string of the molecule is CC(C(=O)O)N1CCC(c2ccccc2)C1C. The number of carboxylic acids is 1. The molecule has 17 heavy (non-hydrogen) atoms. The third-order valence-electron chi connectivity index (χ3n) is 3.89. The molecule has 1 aromatic rings. The molecule has 0 radical (unpaired) electrons. The van der Waals surface area contributed by atoms with E-state index in [0.29, 0.717) is 12.0 Å². The summed E-state index contributed by atoms with van der Waals surface area (Å²) < 4.78 is 0. The molecule has 0 aromatic heterocycles. The standard InChI is InChI=1S/C14H19NO2/c1-10-13(12-6-4-3-5-7-12)8-9-15(10)11(2)14(16)17/h3-7,10-11,13H,8-9H2,1-2H3,(H,16,17). The lowest BCUT2D eigenvalue weighted by Gasteiger charge is -2.28. The van der Waals surface area contributed by atoms with Crippen LogP contribution in [0.5, 0.6) is 0 Å². The fourth-order valence-electron chi connectivity index (χ4n) is 2.80. The van der Waals surface area contributed by atoms with Crippen molar-refractivity contribution in [2.24, 2.45) is 0 Å². The molecule has 3 nitrogen and oxygen atoms in total. The topological polar surface area (TPSA) is 40.5 Å². The van der Waals surface area contributed by atoms with Gasteiger partial charge in [0.2, 0.25) is 0 Å². The maximum atomic E-state index is 11.0. The van der Waals surface area contributed by atoms with E-state index < -0.39 is 12.0 Å². The van der Waals surface area contributed by atoms with Crippen LogP contribution in [-0.4, -0.2) is 34.6 Å². The van der Waals surface area contributed by atoms with Gasteiger partial charge in [-0.2, -0.15) is 0 Å². The van der Waals surface area contributed by atoms with E-state index >= 15 is 0 Å². The van der Waals surface area contributed by atoms with Crippen molar-refractivity contribution in [3.8, 4) is 0 Å². The highest BCUT2D eigenvalue weighted by Gasteiger charge is 2.36. The van der Waals surface area contributed by atoms with Gasteiger partial charge in [-0.15, -0.1) is 0 Å². The Kier molecular flexibility index (Phi) is 3.48. The summed E-state index contributed by atoms with van der Waals surface area (Å²) in [7, 11) is 0. The van der Waals surface area contributed by atoms with Crippen LogP contribution in [0.3, 0.4) is 0 Å². The second-order valence-electron chi connectivity index (χ2n) is 4.80. The summed E-state index contributed by atoms with van der Waals surface area (Å²) in [6.07, 6.45) is 1.04. The molecule has 3 atom stereocenters. The first-order valence-electron chi connectivity index (χ1n) is 6.14. The smallest absolute Gasteiger partial charge is 0.320 e. The van der Waals surface area contributed by atoms with Crippen molar-refractivity contribution in [2.75, 3.05) is 6.54 Å². The van der Waals surface area contributed by atoms with Gasteiger partial charge >= 0.3 is 5.97 Å². The first kappa shape index (κ1) is 12.1. The van der Waals surface area contributed by atoms with E-state index in [1.807, 2.05) is 18.2 Å². The fourth-order valence-corrected chi connectivity index (χ4v) is 2.80. The molecule has 1 aromatic carbocycles. The highest BCUT2D eigenvalue weighted by atomic mass is 16.4. The average Bonchev–Trinajstić information content (AvgIpc) is 2.71. The normalized spacial score (nSPS) is 26.9. The van der Waals surface area contributed by atoms with Crippen molar-refractivity contribution in [1.29, 1.82) is 0 Å². The Morgan fingerprint density at radius 2 is 2.06 bits per heavy atom. The Hall–Kier alpha value is -1.35. The van der Waals surface area contributed by atoms with E-state index in [2.05, 4.69) is 24.0 Å². The van der Waals surface area contributed by atoms with Gasteiger partial charge in [-0.1, -0.05) is 30.3 Å². The van der Waals surface area contributed by atoms with Crippen LogP contribution in [0.15, 0.2) is 30.3 Å². The lowest BCUT2D eigenvalue weighted by Crippen LogP contribution is -2.41. The fraction of sp³-hybridized carbons (Fsp3) is 0.500. The molecule has 0 aliphatic carbocycles. The van der Waals surface area contributed by atoms with E-state index in [1.54, 1.807) is 6.92 Å². The third kappa shape index (κ3) is 2.34. The largest absolute Gasteiger partial charge is 0.480 e. The number of rotatable bonds is 3. The van der Waals surface area contributed by atoms with Gasteiger partial charge in [-0.3, -0.25) is 9.69 Å². The molecule has 0 spiro atoms. The molecule has 1 saturated heterocycles. The maximum absolute atomic E-state index is 11.0. The van der Waals surface area contributed by atoms with E-state index in [9.17, 15) is 4.79 Å². The summed E-state index contributed by atoms with van der Waals surface area (Å²) in [6.45, 7) is 4.77. The Balaban J connectivity index is 2.13. The minimum atomic E-state index is -0.731. The predicted octanol–water partition coefficient (Wildman–Crippen LogP) is 2.34. The van der Waals surface area contributed by atoms with Crippen LogP contribution in [-0.2, 0) is 4.79 Å². The van der Waals surface area contributed by atoms with Crippen LogP contribution in [0.2, 0.25) is 0 Å². The molecule has 2 rings (SSSR count). The number of likely N-dealkylation sites (tertiary alicyclic amines) is 1. The van der Waals surface area contributed by atoms with Crippen LogP contribution in [0, 0.1) is 0 Å². The highest BCUT2D eigenvalue weighted by molar-refractivity contribution is 5.73. The van der Waals surface area contributed by atoms with Crippen molar-refractivity contribution >= 4 is 5.97 Å². The molecule has 0 bridgehead atoms. The summed E-state index contributed by atoms with van der Waals surface area (Å²) >= 11 is 0. The van der Waals surface area contributed by atoms with Crippen LogP contribution >= 0.6 is 0 Å². The minimum Gasteiger partial charge on any atom is -0.480 e. The summed E-state index contributed by atoms with van der Waals surface area (Å²) in [5.41, 5.74) is 1.32. The highest BCUT2D eigenvalue weighted by Crippen LogP contribution is 2.34. The molecule has 0 amide bonds. The second-order valence-corrected chi connectivity index (χ2v) is 4.80. The third-order valence-corrected chi connectivity index (χ3v) is 3.89. The quantitative estimate of drug-likeness (QED) is 0.871. The van der Waals surface area contributed by atoms with Gasteiger partial charge in [0, 0.05) is 12.0 Å². The zero-order chi connectivity index (χ0) is 12.4. The zero-order valence-electron chi connectivity index (χ0n) is 10.3. The number of hydrogen-bond acceptors (Lipinski definition) is 2. The molecule has 3 heteroatoms. The van der Waals surface area contributed by atoms with E-state index in [0.717, 1.165) is 13.0 Å². The molecule has 1 aliphatic rings. The number of hydrogen-bond donors (Lipinski definition) is 1. The Morgan fingerprint density at radius 1 is 1.41 bits per heavy atom. The van der Waals surface area contributed by atoms with Gasteiger partial charge in [-0.25, -0.2) is 0 Å². The van der Waals surface area contributed by atoms with Crippen LogP contribution in [0.25, 0.3) is 0 Å². The first-order valence-corrected chi connectivity index (χ1v) is 6.14. The van der Waals surface area contributed by atoms with Crippen molar-refractivity contribution in [2.45, 2.75) is 38.3 Å². The molecule has 1 fully saturated rings. The van der Waals surface area contributed by atoms with Gasteiger partial charge in [-0.05, 0) is 32.4 Å². The molecular weight excluding hydrogens is 214 g/mol. The average molecular weight is 233 g/mol. The van der Waals surface area contributed by atoms with Crippen molar-refractivity contribution in [3.63, 3.8) is 0 Å².